The van der Waals surface area contributed by atoms with Gasteiger partial charge in [-0.1, -0.05) is 38.0 Å². The third kappa shape index (κ3) is 3.32. The molecule has 2 rings (SSSR count). The molecule has 4 heteroatoms. The minimum Gasteiger partial charge on any atom is -0.312 e. The van der Waals surface area contributed by atoms with E-state index < -0.39 is 0 Å². The highest BCUT2D eigenvalue weighted by atomic mass is 16.6. The molecule has 0 aliphatic heterocycles. The number of para-hydroxylation sites is 1. The van der Waals surface area contributed by atoms with Crippen molar-refractivity contribution in [2.24, 2.45) is 5.41 Å². The van der Waals surface area contributed by atoms with Crippen molar-refractivity contribution in [2.75, 3.05) is 6.54 Å². The molecule has 4 nitrogen and oxygen atoms in total. The van der Waals surface area contributed by atoms with Gasteiger partial charge in [0.1, 0.15) is 0 Å². The third-order valence-corrected chi connectivity index (χ3v) is 4.42. The summed E-state index contributed by atoms with van der Waals surface area (Å²) in [5.41, 5.74) is 1.41. The Hall–Kier alpha value is -1.42. The van der Waals surface area contributed by atoms with E-state index in [1.807, 2.05) is 12.1 Å². The predicted molar refractivity (Wildman–Crippen MR) is 76.0 cm³/mol. The highest BCUT2D eigenvalue weighted by Gasteiger charge is 2.31. The molecule has 0 spiro atoms. The molecule has 1 aliphatic carbocycles. The molecule has 0 saturated heterocycles. The fourth-order valence-corrected chi connectivity index (χ4v) is 3.08. The van der Waals surface area contributed by atoms with Gasteiger partial charge in [0.15, 0.2) is 0 Å². The van der Waals surface area contributed by atoms with Gasteiger partial charge in [0.25, 0.3) is 5.69 Å². The van der Waals surface area contributed by atoms with E-state index in [1.165, 1.54) is 32.1 Å². The van der Waals surface area contributed by atoms with Crippen LogP contribution in [0.1, 0.15) is 44.6 Å². The molecular weight excluding hydrogens is 240 g/mol. The lowest BCUT2D eigenvalue weighted by Gasteiger charge is -2.27. The summed E-state index contributed by atoms with van der Waals surface area (Å²) in [6, 6.07) is 6.97. The van der Waals surface area contributed by atoms with Crippen LogP contribution in [0.15, 0.2) is 24.3 Å². The standard InChI is InChI=1S/C15H22N2O2/c1-2-15(9-5-6-10-15)12-16-11-13-7-3-4-8-14(13)17(18)19/h3-4,7-8,16H,2,5-6,9-12H2,1H3. The first-order valence-electron chi connectivity index (χ1n) is 7.10. The van der Waals surface area contributed by atoms with Gasteiger partial charge in [0, 0.05) is 24.7 Å². The maximum Gasteiger partial charge on any atom is 0.273 e. The quantitative estimate of drug-likeness (QED) is 0.629. The van der Waals surface area contributed by atoms with Crippen LogP contribution in [0, 0.1) is 15.5 Å². The zero-order valence-corrected chi connectivity index (χ0v) is 11.5. The second-order valence-corrected chi connectivity index (χ2v) is 5.55. The summed E-state index contributed by atoms with van der Waals surface area (Å²) < 4.78 is 0. The van der Waals surface area contributed by atoms with E-state index in [9.17, 15) is 10.1 Å². The van der Waals surface area contributed by atoms with Gasteiger partial charge in [-0.15, -0.1) is 0 Å². The van der Waals surface area contributed by atoms with Gasteiger partial charge in [-0.25, -0.2) is 0 Å². The average Bonchev–Trinajstić information content (AvgIpc) is 2.88. The lowest BCUT2D eigenvalue weighted by Crippen LogP contribution is -2.31. The summed E-state index contributed by atoms with van der Waals surface area (Å²) in [5.74, 6) is 0. The Bertz CT molecular complexity index is 440. The third-order valence-electron chi connectivity index (χ3n) is 4.42. The van der Waals surface area contributed by atoms with Crippen molar-refractivity contribution in [3.63, 3.8) is 0 Å². The predicted octanol–water partition coefficient (Wildman–Crippen LogP) is 3.65. The van der Waals surface area contributed by atoms with Crippen LogP contribution in [0.25, 0.3) is 0 Å². The van der Waals surface area contributed by atoms with Gasteiger partial charge in [-0.05, 0) is 24.7 Å². The van der Waals surface area contributed by atoms with Crippen LogP contribution in [0.5, 0.6) is 0 Å². The molecule has 0 atom stereocenters. The fourth-order valence-electron chi connectivity index (χ4n) is 3.08. The zero-order valence-electron chi connectivity index (χ0n) is 11.5. The van der Waals surface area contributed by atoms with Crippen LogP contribution in [-0.2, 0) is 6.54 Å². The number of benzene rings is 1. The number of hydrogen-bond donors (Lipinski definition) is 1. The Balaban J connectivity index is 1.94. The molecule has 1 fully saturated rings. The number of nitrogens with zero attached hydrogens (tertiary/aromatic N) is 1. The van der Waals surface area contributed by atoms with Gasteiger partial charge in [0.05, 0.1) is 4.92 Å². The molecule has 0 amide bonds. The minimum absolute atomic E-state index is 0.215. The molecule has 1 N–H and O–H groups in total. The number of nitro benzene ring substituents is 1. The van der Waals surface area contributed by atoms with Gasteiger partial charge < -0.3 is 5.32 Å². The first-order valence-corrected chi connectivity index (χ1v) is 7.10. The topological polar surface area (TPSA) is 55.2 Å². The fraction of sp³-hybridized carbons (Fsp3) is 0.600. The van der Waals surface area contributed by atoms with Crippen molar-refractivity contribution in [3.05, 3.63) is 39.9 Å². The molecule has 1 aromatic rings. The molecule has 19 heavy (non-hydrogen) atoms. The first-order chi connectivity index (χ1) is 9.17. The van der Waals surface area contributed by atoms with Crippen LogP contribution in [-0.4, -0.2) is 11.5 Å². The van der Waals surface area contributed by atoms with E-state index in [1.54, 1.807) is 12.1 Å². The van der Waals surface area contributed by atoms with E-state index in [4.69, 9.17) is 0 Å². The van der Waals surface area contributed by atoms with Gasteiger partial charge in [-0.2, -0.15) is 0 Å². The van der Waals surface area contributed by atoms with E-state index >= 15 is 0 Å². The first kappa shape index (κ1) is 14.0. The maximum absolute atomic E-state index is 10.9. The van der Waals surface area contributed by atoms with Crippen LogP contribution in [0.2, 0.25) is 0 Å². The molecule has 0 radical (unpaired) electrons. The summed E-state index contributed by atoms with van der Waals surface area (Å²) in [6.45, 7) is 3.80. The van der Waals surface area contributed by atoms with Crippen molar-refractivity contribution in [1.82, 2.24) is 5.32 Å². The minimum atomic E-state index is -0.303. The highest BCUT2D eigenvalue weighted by Crippen LogP contribution is 2.40. The second kappa shape index (κ2) is 6.15. The van der Waals surface area contributed by atoms with E-state index in [-0.39, 0.29) is 10.6 Å². The van der Waals surface area contributed by atoms with Gasteiger partial charge in [0.2, 0.25) is 0 Å². The Kier molecular flexibility index (Phi) is 4.53. The molecular formula is C15H22N2O2. The smallest absolute Gasteiger partial charge is 0.273 e. The van der Waals surface area contributed by atoms with E-state index in [0.717, 1.165) is 12.1 Å². The molecule has 0 aromatic heterocycles. The van der Waals surface area contributed by atoms with Crippen molar-refractivity contribution >= 4 is 5.69 Å². The molecule has 1 aromatic carbocycles. The highest BCUT2D eigenvalue weighted by molar-refractivity contribution is 5.39. The summed E-state index contributed by atoms with van der Waals surface area (Å²) in [5, 5.41) is 14.4. The zero-order chi connectivity index (χ0) is 13.7. The number of nitro groups is 1. The normalized spacial score (nSPS) is 17.5. The second-order valence-electron chi connectivity index (χ2n) is 5.55. The average molecular weight is 262 g/mol. The van der Waals surface area contributed by atoms with Crippen molar-refractivity contribution < 1.29 is 4.92 Å². The Morgan fingerprint density at radius 2 is 2.00 bits per heavy atom. The van der Waals surface area contributed by atoms with Crippen molar-refractivity contribution in [1.29, 1.82) is 0 Å². The van der Waals surface area contributed by atoms with Crippen LogP contribution >= 0.6 is 0 Å². The number of rotatable bonds is 6. The molecule has 1 saturated carbocycles. The van der Waals surface area contributed by atoms with Gasteiger partial charge >= 0.3 is 0 Å². The Morgan fingerprint density at radius 3 is 2.63 bits per heavy atom. The van der Waals surface area contributed by atoms with E-state index in [2.05, 4.69) is 12.2 Å². The SMILES string of the molecule is CCC1(CNCc2ccccc2[N+](=O)[O-])CCCC1. The molecule has 0 unspecified atom stereocenters. The Labute approximate surface area is 114 Å². The summed E-state index contributed by atoms with van der Waals surface area (Å²) >= 11 is 0. The van der Waals surface area contributed by atoms with Crippen LogP contribution < -0.4 is 5.32 Å². The van der Waals surface area contributed by atoms with Gasteiger partial charge in [-0.3, -0.25) is 10.1 Å². The van der Waals surface area contributed by atoms with Crippen LogP contribution in [0.3, 0.4) is 0 Å². The van der Waals surface area contributed by atoms with E-state index in [0.29, 0.717) is 12.0 Å². The van der Waals surface area contributed by atoms with Crippen molar-refractivity contribution in [3.8, 4) is 0 Å². The molecule has 104 valence electrons. The number of hydrogen-bond acceptors (Lipinski definition) is 3. The molecule has 0 bridgehead atoms. The molecule has 1 aliphatic rings. The lowest BCUT2D eigenvalue weighted by molar-refractivity contribution is -0.385. The maximum atomic E-state index is 10.9. The lowest BCUT2D eigenvalue weighted by atomic mass is 9.83. The monoisotopic (exact) mass is 262 g/mol. The Morgan fingerprint density at radius 1 is 1.32 bits per heavy atom. The van der Waals surface area contributed by atoms with Crippen molar-refractivity contribution in [2.45, 2.75) is 45.6 Å². The summed E-state index contributed by atoms with van der Waals surface area (Å²) in [7, 11) is 0. The largest absolute Gasteiger partial charge is 0.312 e. The molecule has 0 heterocycles. The number of nitrogens with one attached hydrogen (secondary N) is 1. The summed E-state index contributed by atoms with van der Waals surface area (Å²) in [6.07, 6.45) is 6.40. The van der Waals surface area contributed by atoms with Crippen LogP contribution in [0.4, 0.5) is 5.69 Å². The summed E-state index contributed by atoms with van der Waals surface area (Å²) in [4.78, 5) is 10.6.